The highest BCUT2D eigenvalue weighted by Crippen LogP contribution is 2.29. The summed E-state index contributed by atoms with van der Waals surface area (Å²) in [4.78, 5) is 0. The molecule has 0 amide bonds. The van der Waals surface area contributed by atoms with Gasteiger partial charge in [0.05, 0.1) is 6.07 Å². The fourth-order valence-electron chi connectivity index (χ4n) is 1.34. The van der Waals surface area contributed by atoms with Crippen molar-refractivity contribution in [3.8, 4) is 6.07 Å². The Bertz CT molecular complexity index is 112. The molecular weight excluding hydrogens is 122 g/mol. The largest absolute Gasteiger partial charge is 0.198 e. The Hall–Kier alpha value is -0.510. The van der Waals surface area contributed by atoms with E-state index in [1.165, 1.54) is 12.8 Å². The van der Waals surface area contributed by atoms with Crippen LogP contribution in [-0.2, 0) is 0 Å². The van der Waals surface area contributed by atoms with Crippen LogP contribution in [0.3, 0.4) is 0 Å². The van der Waals surface area contributed by atoms with Crippen molar-refractivity contribution in [2.75, 3.05) is 0 Å². The first-order valence-corrected chi connectivity index (χ1v) is 4.24. The van der Waals surface area contributed by atoms with E-state index in [2.05, 4.69) is 13.0 Å². The lowest BCUT2D eigenvalue weighted by atomic mass is 10.0. The lowest BCUT2D eigenvalue weighted by Gasteiger charge is -2.02. The molecule has 58 valence electrons. The third-order valence-corrected chi connectivity index (χ3v) is 2.03. The van der Waals surface area contributed by atoms with Crippen molar-refractivity contribution < 1.29 is 0 Å². The van der Waals surface area contributed by atoms with Crippen LogP contribution in [0.1, 0.15) is 40.0 Å². The molecule has 0 saturated heterocycles. The van der Waals surface area contributed by atoms with Crippen molar-refractivity contribution in [1.29, 1.82) is 5.26 Å². The molecule has 1 aliphatic rings. The summed E-state index contributed by atoms with van der Waals surface area (Å²) in [5.74, 6) is 1.04. The smallest absolute Gasteiger partial charge is 0.0658 e. The summed E-state index contributed by atoms with van der Waals surface area (Å²) in [7, 11) is 0. The second kappa shape index (κ2) is 5.29. The Morgan fingerprint density at radius 1 is 1.30 bits per heavy atom. The van der Waals surface area contributed by atoms with Crippen LogP contribution in [0.4, 0.5) is 0 Å². The van der Waals surface area contributed by atoms with E-state index in [9.17, 15) is 0 Å². The van der Waals surface area contributed by atoms with Crippen molar-refractivity contribution in [3.05, 3.63) is 0 Å². The molecule has 0 aromatic carbocycles. The first-order valence-electron chi connectivity index (χ1n) is 4.24. The molecular formula is C9H17N. The molecule has 1 rings (SSSR count). The third kappa shape index (κ3) is 2.39. The monoisotopic (exact) mass is 139 g/mol. The fraction of sp³-hybridized carbons (Fsp3) is 0.889. The van der Waals surface area contributed by atoms with E-state index in [-0.39, 0.29) is 0 Å². The van der Waals surface area contributed by atoms with Crippen LogP contribution >= 0.6 is 0 Å². The molecule has 1 aliphatic carbocycles. The summed E-state index contributed by atoms with van der Waals surface area (Å²) in [5.41, 5.74) is 0. The van der Waals surface area contributed by atoms with Crippen LogP contribution in [0.25, 0.3) is 0 Å². The summed E-state index contributed by atoms with van der Waals surface area (Å²) in [6.07, 6.45) is 3.66. The number of hydrogen-bond acceptors (Lipinski definition) is 1. The lowest BCUT2D eigenvalue weighted by molar-refractivity contribution is 0.514. The zero-order valence-corrected chi connectivity index (χ0v) is 7.22. The highest BCUT2D eigenvalue weighted by Gasteiger charge is 2.21. The predicted octanol–water partition coefficient (Wildman–Crippen LogP) is 2.97. The van der Waals surface area contributed by atoms with Gasteiger partial charge in [-0.15, -0.1) is 0 Å². The van der Waals surface area contributed by atoms with Crippen molar-refractivity contribution in [1.82, 2.24) is 0 Å². The maximum atomic E-state index is 8.49. The van der Waals surface area contributed by atoms with E-state index >= 15 is 0 Å². The minimum atomic E-state index is 0.370. The molecule has 0 spiro atoms. The van der Waals surface area contributed by atoms with Gasteiger partial charge in [-0.1, -0.05) is 27.2 Å². The van der Waals surface area contributed by atoms with Gasteiger partial charge in [0.1, 0.15) is 0 Å². The minimum Gasteiger partial charge on any atom is -0.198 e. The number of hydrogen-bond donors (Lipinski definition) is 0. The van der Waals surface area contributed by atoms with Crippen molar-refractivity contribution in [2.24, 2.45) is 11.8 Å². The quantitative estimate of drug-likeness (QED) is 0.506. The van der Waals surface area contributed by atoms with Crippen LogP contribution < -0.4 is 0 Å². The molecule has 0 aromatic heterocycles. The maximum absolute atomic E-state index is 8.49. The zero-order valence-electron chi connectivity index (χ0n) is 7.22. The van der Waals surface area contributed by atoms with Gasteiger partial charge in [-0.05, 0) is 18.8 Å². The summed E-state index contributed by atoms with van der Waals surface area (Å²) >= 11 is 0. The summed E-state index contributed by atoms with van der Waals surface area (Å²) < 4.78 is 0. The van der Waals surface area contributed by atoms with E-state index < -0.39 is 0 Å². The van der Waals surface area contributed by atoms with Crippen LogP contribution in [0.2, 0.25) is 0 Å². The van der Waals surface area contributed by atoms with Gasteiger partial charge in [0.25, 0.3) is 0 Å². The number of rotatable bonds is 0. The molecule has 0 N–H and O–H groups in total. The third-order valence-electron chi connectivity index (χ3n) is 2.03. The summed E-state index contributed by atoms with van der Waals surface area (Å²) in [6, 6.07) is 2.31. The van der Waals surface area contributed by atoms with Crippen LogP contribution in [0.15, 0.2) is 0 Å². The Labute approximate surface area is 64.1 Å². The van der Waals surface area contributed by atoms with E-state index in [1.54, 1.807) is 0 Å². The van der Waals surface area contributed by atoms with E-state index in [1.807, 2.05) is 13.8 Å². The highest BCUT2D eigenvalue weighted by molar-refractivity contribution is 4.90. The zero-order chi connectivity index (χ0) is 7.98. The summed E-state index contributed by atoms with van der Waals surface area (Å²) in [6.45, 7) is 6.17. The van der Waals surface area contributed by atoms with Crippen LogP contribution in [0, 0.1) is 23.2 Å². The van der Waals surface area contributed by atoms with Gasteiger partial charge in [-0.25, -0.2) is 0 Å². The van der Waals surface area contributed by atoms with Gasteiger partial charge in [-0.2, -0.15) is 5.26 Å². The van der Waals surface area contributed by atoms with Crippen molar-refractivity contribution in [3.63, 3.8) is 0 Å². The fourth-order valence-corrected chi connectivity index (χ4v) is 1.34. The Balaban J connectivity index is 0.000000371. The molecule has 1 saturated carbocycles. The second-order valence-corrected chi connectivity index (χ2v) is 2.64. The average molecular weight is 139 g/mol. The van der Waals surface area contributed by atoms with Gasteiger partial charge < -0.3 is 0 Å². The maximum Gasteiger partial charge on any atom is 0.0658 e. The van der Waals surface area contributed by atoms with E-state index in [0.717, 1.165) is 6.42 Å². The van der Waals surface area contributed by atoms with Gasteiger partial charge in [0.2, 0.25) is 0 Å². The molecule has 2 atom stereocenters. The minimum absolute atomic E-state index is 0.370. The van der Waals surface area contributed by atoms with Crippen LogP contribution in [-0.4, -0.2) is 0 Å². The lowest BCUT2D eigenvalue weighted by Crippen LogP contribution is -1.98. The highest BCUT2D eigenvalue weighted by atomic mass is 14.3. The van der Waals surface area contributed by atoms with Crippen LogP contribution in [0.5, 0.6) is 0 Å². The molecule has 0 bridgehead atoms. The molecule has 0 aliphatic heterocycles. The van der Waals surface area contributed by atoms with Gasteiger partial charge in [0.15, 0.2) is 0 Å². The molecule has 1 fully saturated rings. The normalized spacial score (nSPS) is 30.2. The van der Waals surface area contributed by atoms with E-state index in [4.69, 9.17) is 5.26 Å². The molecule has 0 heterocycles. The predicted molar refractivity (Wildman–Crippen MR) is 43.5 cm³/mol. The van der Waals surface area contributed by atoms with Crippen molar-refractivity contribution >= 4 is 0 Å². The first kappa shape index (κ1) is 9.49. The summed E-state index contributed by atoms with van der Waals surface area (Å²) in [5, 5.41) is 8.49. The van der Waals surface area contributed by atoms with Gasteiger partial charge in [0, 0.05) is 5.92 Å². The Morgan fingerprint density at radius 2 is 1.90 bits per heavy atom. The molecule has 0 radical (unpaired) electrons. The second-order valence-electron chi connectivity index (χ2n) is 2.64. The van der Waals surface area contributed by atoms with Gasteiger partial charge in [-0.3, -0.25) is 0 Å². The molecule has 0 aromatic rings. The van der Waals surface area contributed by atoms with E-state index in [0.29, 0.717) is 11.8 Å². The first-order chi connectivity index (χ1) is 4.84. The molecule has 0 unspecified atom stereocenters. The molecule has 1 heteroatoms. The number of nitrogens with zero attached hydrogens (tertiary/aromatic N) is 1. The Kier molecular flexibility index (Phi) is 5.02. The SMILES string of the molecule is CC.C[C@H]1CCC[C@H]1C#N. The molecule has 1 nitrogen and oxygen atoms in total. The van der Waals surface area contributed by atoms with Gasteiger partial charge >= 0.3 is 0 Å². The molecule has 10 heavy (non-hydrogen) atoms. The van der Waals surface area contributed by atoms with Crippen molar-refractivity contribution in [2.45, 2.75) is 40.0 Å². The Morgan fingerprint density at radius 3 is 2.10 bits per heavy atom. The standard InChI is InChI=1S/C7H11N.C2H6/c1-6-3-2-4-7(6)5-8;1-2/h6-7H,2-4H2,1H3;1-2H3/t6-,7-;/m0./s1. The topological polar surface area (TPSA) is 23.8 Å². The number of nitriles is 1. The average Bonchev–Trinajstić information content (AvgIpc) is 2.39.